The minimum absolute atomic E-state index is 0.0711. The summed E-state index contributed by atoms with van der Waals surface area (Å²) < 4.78 is 17.6. The summed E-state index contributed by atoms with van der Waals surface area (Å²) in [5.74, 6) is -0.237. The highest BCUT2D eigenvalue weighted by Crippen LogP contribution is 2.19. The first-order valence-electron chi connectivity index (χ1n) is 3.61. The number of rotatable bonds is 1. The zero-order chi connectivity index (χ0) is 9.26. The minimum Gasteiger partial charge on any atom is -0.351 e. The molecule has 5 heteroatoms. The number of hydrogen-bond acceptors (Lipinski definition) is 4. The molecule has 2 rings (SSSR count). The van der Waals surface area contributed by atoms with E-state index in [9.17, 15) is 4.39 Å². The highest BCUT2D eigenvalue weighted by molar-refractivity contribution is 5.55. The topological polar surface area (TPSA) is 64.9 Å². The quantitative estimate of drug-likeness (QED) is 0.719. The van der Waals surface area contributed by atoms with Gasteiger partial charge in [0.15, 0.2) is 0 Å². The first kappa shape index (κ1) is 7.72. The van der Waals surface area contributed by atoms with Crippen molar-refractivity contribution in [3.63, 3.8) is 0 Å². The van der Waals surface area contributed by atoms with Gasteiger partial charge in [0.05, 0.1) is 5.56 Å². The largest absolute Gasteiger partial charge is 0.351 e. The molecular formula is C8H6FN3O. The molecule has 66 valence electrons. The highest BCUT2D eigenvalue weighted by atomic mass is 19.1. The van der Waals surface area contributed by atoms with Crippen LogP contribution in [0, 0.1) is 5.82 Å². The third kappa shape index (κ3) is 1.35. The number of benzene rings is 1. The Morgan fingerprint density at radius 2 is 2.08 bits per heavy atom. The maximum atomic E-state index is 13.1. The molecule has 0 atom stereocenters. The van der Waals surface area contributed by atoms with Gasteiger partial charge in [-0.05, 0) is 12.1 Å². The monoisotopic (exact) mass is 179 g/mol. The molecule has 0 aliphatic heterocycles. The summed E-state index contributed by atoms with van der Waals surface area (Å²) in [5.41, 5.74) is 5.48. The van der Waals surface area contributed by atoms with Crippen molar-refractivity contribution in [2.75, 3.05) is 5.73 Å². The Morgan fingerprint density at radius 3 is 2.69 bits per heavy atom. The van der Waals surface area contributed by atoms with E-state index in [1.165, 1.54) is 6.07 Å². The molecule has 0 spiro atoms. The van der Waals surface area contributed by atoms with E-state index in [0.29, 0.717) is 0 Å². The summed E-state index contributed by atoms with van der Waals surface area (Å²) in [6.45, 7) is 0. The Hall–Kier alpha value is -1.91. The predicted octanol–water partition coefficient (Wildman–Crippen LogP) is 1.46. The van der Waals surface area contributed by atoms with Gasteiger partial charge in [-0.25, -0.2) is 4.39 Å². The molecule has 0 saturated heterocycles. The number of anilines is 1. The van der Waals surface area contributed by atoms with Gasteiger partial charge in [0.25, 0.3) is 0 Å². The number of nitrogens with zero attached hydrogens (tertiary/aromatic N) is 2. The lowest BCUT2D eigenvalue weighted by atomic mass is 10.2. The molecule has 0 amide bonds. The summed E-state index contributed by atoms with van der Waals surface area (Å²) in [6, 6.07) is 6.08. The van der Waals surface area contributed by atoms with Crippen molar-refractivity contribution in [2.45, 2.75) is 0 Å². The third-order valence-electron chi connectivity index (χ3n) is 1.56. The van der Waals surface area contributed by atoms with Crippen molar-refractivity contribution in [3.8, 4) is 11.4 Å². The molecule has 1 aromatic heterocycles. The number of nitrogen functional groups attached to an aromatic ring is 1. The van der Waals surface area contributed by atoms with Crippen molar-refractivity contribution in [2.24, 2.45) is 0 Å². The fourth-order valence-corrected chi connectivity index (χ4v) is 0.987. The number of nitrogens with two attached hydrogens (primary N) is 1. The Bertz CT molecular complexity index is 427. The first-order valence-corrected chi connectivity index (χ1v) is 3.61. The molecule has 0 bridgehead atoms. The Kier molecular flexibility index (Phi) is 1.70. The van der Waals surface area contributed by atoms with Crippen molar-refractivity contribution in [3.05, 3.63) is 30.1 Å². The zero-order valence-electron chi connectivity index (χ0n) is 6.57. The lowest BCUT2D eigenvalue weighted by Crippen LogP contribution is -1.86. The molecule has 2 N–H and O–H groups in total. The predicted molar refractivity (Wildman–Crippen MR) is 44.1 cm³/mol. The van der Waals surface area contributed by atoms with Gasteiger partial charge in [-0.1, -0.05) is 17.3 Å². The Morgan fingerprint density at radius 1 is 1.31 bits per heavy atom. The fourth-order valence-electron chi connectivity index (χ4n) is 0.987. The zero-order valence-corrected chi connectivity index (χ0v) is 6.57. The van der Waals surface area contributed by atoms with Gasteiger partial charge in [0.1, 0.15) is 5.82 Å². The van der Waals surface area contributed by atoms with E-state index in [4.69, 9.17) is 5.73 Å². The maximum absolute atomic E-state index is 13.1. The first-order chi connectivity index (χ1) is 6.27. The number of aromatic nitrogens is 2. The smallest absolute Gasteiger partial charge is 0.319 e. The van der Waals surface area contributed by atoms with E-state index in [1.54, 1.807) is 18.2 Å². The third-order valence-corrected chi connectivity index (χ3v) is 1.56. The van der Waals surface area contributed by atoms with Gasteiger partial charge in [-0.2, -0.15) is 4.98 Å². The molecule has 0 saturated carbocycles. The van der Waals surface area contributed by atoms with Crippen molar-refractivity contribution in [1.29, 1.82) is 0 Å². The van der Waals surface area contributed by atoms with Crippen LogP contribution in [0.3, 0.4) is 0 Å². The van der Waals surface area contributed by atoms with E-state index in [2.05, 4.69) is 14.7 Å². The Balaban J connectivity index is 2.52. The van der Waals surface area contributed by atoms with E-state index >= 15 is 0 Å². The van der Waals surface area contributed by atoms with Crippen molar-refractivity contribution < 1.29 is 8.91 Å². The molecule has 1 aromatic carbocycles. The second-order valence-electron chi connectivity index (χ2n) is 2.44. The molecule has 2 aromatic rings. The van der Waals surface area contributed by atoms with Gasteiger partial charge in [-0.15, -0.1) is 0 Å². The average Bonchev–Trinajstić information content (AvgIpc) is 2.53. The van der Waals surface area contributed by atoms with Gasteiger partial charge in [0, 0.05) is 0 Å². The van der Waals surface area contributed by atoms with Crippen LogP contribution in [0.2, 0.25) is 0 Å². The van der Waals surface area contributed by atoms with Crippen LogP contribution in [0.15, 0.2) is 28.8 Å². The molecule has 0 aliphatic carbocycles. The molecule has 13 heavy (non-hydrogen) atoms. The van der Waals surface area contributed by atoms with Gasteiger partial charge in [-0.3, -0.25) is 0 Å². The second kappa shape index (κ2) is 2.85. The molecule has 4 nitrogen and oxygen atoms in total. The minimum atomic E-state index is -0.400. The fraction of sp³-hybridized carbons (Fsp3) is 0. The molecule has 0 unspecified atom stereocenters. The SMILES string of the molecule is Nc1nc(-c2ccccc2F)no1. The standard InChI is InChI=1S/C8H6FN3O/c9-6-4-2-1-3-5(6)7-11-8(10)13-12-7/h1-4H,(H2,10,11,12). The van der Waals surface area contributed by atoms with Crippen LogP contribution in [0.5, 0.6) is 0 Å². The van der Waals surface area contributed by atoms with Crippen molar-refractivity contribution >= 4 is 6.01 Å². The van der Waals surface area contributed by atoms with Crippen LogP contribution in [0.25, 0.3) is 11.4 Å². The van der Waals surface area contributed by atoms with E-state index in [-0.39, 0.29) is 17.4 Å². The lowest BCUT2D eigenvalue weighted by molar-refractivity contribution is 0.436. The lowest BCUT2D eigenvalue weighted by Gasteiger charge is -1.93. The maximum Gasteiger partial charge on any atom is 0.319 e. The van der Waals surface area contributed by atoms with Gasteiger partial charge < -0.3 is 10.3 Å². The second-order valence-corrected chi connectivity index (χ2v) is 2.44. The highest BCUT2D eigenvalue weighted by Gasteiger charge is 2.09. The Labute approximate surface area is 73.2 Å². The summed E-state index contributed by atoms with van der Waals surface area (Å²) in [4.78, 5) is 3.70. The van der Waals surface area contributed by atoms with Crippen LogP contribution < -0.4 is 5.73 Å². The van der Waals surface area contributed by atoms with Crippen LogP contribution >= 0.6 is 0 Å². The molecule has 0 aliphatic rings. The van der Waals surface area contributed by atoms with Gasteiger partial charge in [0.2, 0.25) is 5.82 Å². The van der Waals surface area contributed by atoms with Crippen LogP contribution in [-0.2, 0) is 0 Å². The van der Waals surface area contributed by atoms with E-state index < -0.39 is 5.82 Å². The molecule has 0 fully saturated rings. The summed E-state index contributed by atoms with van der Waals surface area (Å²) in [6.07, 6.45) is 0. The van der Waals surface area contributed by atoms with E-state index in [0.717, 1.165) is 0 Å². The molecule has 1 heterocycles. The molecule has 0 radical (unpaired) electrons. The molecular weight excluding hydrogens is 173 g/mol. The summed E-state index contributed by atoms with van der Waals surface area (Å²) >= 11 is 0. The number of halogens is 1. The summed E-state index contributed by atoms with van der Waals surface area (Å²) in [7, 11) is 0. The number of hydrogen-bond donors (Lipinski definition) is 1. The van der Waals surface area contributed by atoms with Crippen LogP contribution in [0.4, 0.5) is 10.4 Å². The normalized spacial score (nSPS) is 10.2. The van der Waals surface area contributed by atoms with E-state index in [1.807, 2.05) is 0 Å². The van der Waals surface area contributed by atoms with Crippen LogP contribution in [-0.4, -0.2) is 10.1 Å². The average molecular weight is 179 g/mol. The van der Waals surface area contributed by atoms with Crippen LogP contribution in [0.1, 0.15) is 0 Å². The van der Waals surface area contributed by atoms with Gasteiger partial charge >= 0.3 is 6.01 Å². The summed E-state index contributed by atoms with van der Waals surface area (Å²) in [5, 5.41) is 3.50. The van der Waals surface area contributed by atoms with Crippen molar-refractivity contribution in [1.82, 2.24) is 10.1 Å².